The Hall–Kier alpha value is -2.44. The molecular formula is C25H31N3O2S. The van der Waals surface area contributed by atoms with Gasteiger partial charge in [0.2, 0.25) is 0 Å². The zero-order chi connectivity index (χ0) is 22.1. The molecule has 6 heteroatoms. The van der Waals surface area contributed by atoms with Crippen LogP contribution >= 0.6 is 12.2 Å². The van der Waals surface area contributed by atoms with Crippen molar-refractivity contribution in [2.45, 2.75) is 51.0 Å². The number of hydrogen-bond donors (Lipinski definition) is 0. The topological polar surface area (TPSA) is 36.0 Å². The van der Waals surface area contributed by atoms with Crippen molar-refractivity contribution in [1.82, 2.24) is 14.7 Å². The van der Waals surface area contributed by atoms with Gasteiger partial charge in [-0.15, -0.1) is 0 Å². The first-order valence-electron chi connectivity index (χ1n) is 10.9. The Labute approximate surface area is 190 Å². The minimum absolute atomic E-state index is 0.214. The number of carbonyl (C=O) groups excluding carboxylic acids is 1. The number of likely N-dealkylation sites (N-methyl/N-ethyl adjacent to an activating group) is 1. The van der Waals surface area contributed by atoms with Crippen molar-refractivity contribution < 1.29 is 9.53 Å². The Morgan fingerprint density at radius 1 is 1.16 bits per heavy atom. The highest BCUT2D eigenvalue weighted by molar-refractivity contribution is 7.80. The number of fused-ring (bicyclic) bond motifs is 1. The van der Waals surface area contributed by atoms with Gasteiger partial charge in [-0.2, -0.15) is 0 Å². The van der Waals surface area contributed by atoms with E-state index in [0.717, 1.165) is 29.9 Å². The number of benzene rings is 2. The fraction of sp³-hybridized carbons (Fsp3) is 0.440. The van der Waals surface area contributed by atoms with Gasteiger partial charge in [0.15, 0.2) is 5.11 Å². The summed E-state index contributed by atoms with van der Waals surface area (Å²) in [6, 6.07) is 17.1. The Kier molecular flexibility index (Phi) is 6.30. The second-order valence-electron chi connectivity index (χ2n) is 8.79. The molecule has 4 rings (SSSR count). The zero-order valence-electron chi connectivity index (χ0n) is 18.7. The van der Waals surface area contributed by atoms with Gasteiger partial charge in [-0.1, -0.05) is 36.4 Å². The molecule has 0 amide bonds. The third-order valence-electron chi connectivity index (χ3n) is 6.62. The molecule has 0 aromatic heterocycles. The van der Waals surface area contributed by atoms with Crippen LogP contribution in [0.5, 0.6) is 0 Å². The lowest BCUT2D eigenvalue weighted by Gasteiger charge is -2.39. The van der Waals surface area contributed by atoms with Gasteiger partial charge in [0.05, 0.1) is 18.7 Å². The van der Waals surface area contributed by atoms with Gasteiger partial charge < -0.3 is 14.5 Å². The Balaban J connectivity index is 1.59. The molecule has 1 saturated heterocycles. The monoisotopic (exact) mass is 437 g/mol. The van der Waals surface area contributed by atoms with E-state index in [2.05, 4.69) is 60.0 Å². The number of aryl methyl sites for hydroxylation is 1. The maximum Gasteiger partial charge on any atom is 0.337 e. The van der Waals surface area contributed by atoms with E-state index >= 15 is 0 Å². The number of methoxy groups -OCH3 is 1. The molecule has 3 atom stereocenters. The molecule has 1 aliphatic heterocycles. The number of carbonyl (C=O) groups is 1. The molecule has 2 aromatic carbocycles. The molecule has 2 aliphatic rings. The van der Waals surface area contributed by atoms with E-state index in [1.165, 1.54) is 18.2 Å². The molecule has 1 aliphatic carbocycles. The van der Waals surface area contributed by atoms with E-state index in [9.17, 15) is 4.79 Å². The van der Waals surface area contributed by atoms with Crippen molar-refractivity contribution in [3.05, 3.63) is 70.8 Å². The van der Waals surface area contributed by atoms with Crippen LogP contribution in [0.2, 0.25) is 0 Å². The van der Waals surface area contributed by atoms with Crippen LogP contribution in [0, 0.1) is 0 Å². The highest BCUT2D eigenvalue weighted by atomic mass is 32.1. The molecule has 1 heterocycles. The van der Waals surface area contributed by atoms with Crippen LogP contribution in [0.25, 0.3) is 0 Å². The summed E-state index contributed by atoms with van der Waals surface area (Å²) in [4.78, 5) is 19.0. The quantitative estimate of drug-likeness (QED) is 0.524. The summed E-state index contributed by atoms with van der Waals surface area (Å²) in [6.45, 7) is 2.92. The highest BCUT2D eigenvalue weighted by Gasteiger charge is 2.45. The van der Waals surface area contributed by atoms with E-state index in [0.29, 0.717) is 18.2 Å². The summed E-state index contributed by atoms with van der Waals surface area (Å²) < 4.78 is 4.88. The van der Waals surface area contributed by atoms with Gasteiger partial charge in [-0.25, -0.2) is 4.79 Å². The number of nitrogens with zero attached hydrogens (tertiary/aromatic N) is 3. The fourth-order valence-electron chi connectivity index (χ4n) is 5.12. The maximum atomic E-state index is 12.0. The SMILES string of the molecule is COC(=O)c1cccc(CN2C(=S)N(C3CCc4ccccc4C3)C(N(C)C)C2C)c1. The molecule has 0 N–H and O–H groups in total. The molecule has 1 fully saturated rings. The van der Waals surface area contributed by atoms with Crippen molar-refractivity contribution in [3.63, 3.8) is 0 Å². The largest absolute Gasteiger partial charge is 0.465 e. The van der Waals surface area contributed by atoms with Crippen LogP contribution in [0.3, 0.4) is 0 Å². The lowest BCUT2D eigenvalue weighted by Crippen LogP contribution is -2.52. The number of hydrogen-bond acceptors (Lipinski definition) is 4. The standard InChI is InChI=1S/C25H31N3O2S/c1-17-23(26(2)3)28(22-13-12-19-9-5-6-10-20(19)15-22)25(31)27(17)16-18-8-7-11-21(14-18)24(29)30-4/h5-11,14,17,22-23H,12-13,15-16H2,1-4H3. The molecule has 0 saturated carbocycles. The summed E-state index contributed by atoms with van der Waals surface area (Å²) in [5.74, 6) is -0.312. The third-order valence-corrected chi connectivity index (χ3v) is 7.06. The van der Waals surface area contributed by atoms with Crippen molar-refractivity contribution in [3.8, 4) is 0 Å². The minimum Gasteiger partial charge on any atom is -0.465 e. The van der Waals surface area contributed by atoms with Gasteiger partial charge in [-0.3, -0.25) is 4.90 Å². The van der Waals surface area contributed by atoms with Crippen LogP contribution < -0.4 is 0 Å². The number of thiocarbonyl (C=S) groups is 1. The summed E-state index contributed by atoms with van der Waals surface area (Å²) in [5.41, 5.74) is 4.54. The number of rotatable bonds is 5. The summed E-state index contributed by atoms with van der Waals surface area (Å²) in [6.07, 6.45) is 3.45. The second-order valence-corrected chi connectivity index (χ2v) is 9.16. The lowest BCUT2D eigenvalue weighted by atomic mass is 9.87. The first kappa shape index (κ1) is 21.8. The Bertz CT molecular complexity index is 977. The summed E-state index contributed by atoms with van der Waals surface area (Å²) >= 11 is 6.05. The van der Waals surface area contributed by atoms with E-state index in [1.807, 2.05) is 18.2 Å². The molecule has 2 aromatic rings. The lowest BCUT2D eigenvalue weighted by molar-refractivity contribution is 0.0600. The fourth-order valence-corrected chi connectivity index (χ4v) is 5.61. The average molecular weight is 438 g/mol. The molecule has 0 radical (unpaired) electrons. The van der Waals surface area contributed by atoms with Crippen molar-refractivity contribution >= 4 is 23.3 Å². The van der Waals surface area contributed by atoms with Gasteiger partial charge in [-0.05, 0) is 81.3 Å². The molecule has 3 unspecified atom stereocenters. The van der Waals surface area contributed by atoms with Crippen LogP contribution in [0.4, 0.5) is 0 Å². The molecule has 0 bridgehead atoms. The molecule has 31 heavy (non-hydrogen) atoms. The van der Waals surface area contributed by atoms with Gasteiger partial charge in [0.25, 0.3) is 0 Å². The van der Waals surface area contributed by atoms with Gasteiger partial charge in [0.1, 0.15) is 6.17 Å². The smallest absolute Gasteiger partial charge is 0.337 e. The predicted octanol–water partition coefficient (Wildman–Crippen LogP) is 3.71. The zero-order valence-corrected chi connectivity index (χ0v) is 19.6. The van der Waals surface area contributed by atoms with E-state index in [1.54, 1.807) is 6.07 Å². The van der Waals surface area contributed by atoms with Crippen molar-refractivity contribution in [1.29, 1.82) is 0 Å². The minimum atomic E-state index is -0.312. The molecule has 164 valence electrons. The number of esters is 1. The van der Waals surface area contributed by atoms with Crippen LogP contribution in [-0.2, 0) is 24.1 Å². The molecular weight excluding hydrogens is 406 g/mol. The Morgan fingerprint density at radius 2 is 1.90 bits per heavy atom. The molecule has 5 nitrogen and oxygen atoms in total. The Morgan fingerprint density at radius 3 is 2.61 bits per heavy atom. The second kappa shape index (κ2) is 8.97. The first-order valence-corrected chi connectivity index (χ1v) is 11.3. The normalized spacial score (nSPS) is 23.3. The van der Waals surface area contributed by atoms with E-state index in [4.69, 9.17) is 17.0 Å². The van der Waals surface area contributed by atoms with Gasteiger partial charge in [0, 0.05) is 12.6 Å². The van der Waals surface area contributed by atoms with Gasteiger partial charge >= 0.3 is 5.97 Å². The maximum absolute atomic E-state index is 12.0. The van der Waals surface area contributed by atoms with Crippen LogP contribution in [0.1, 0.15) is 40.4 Å². The van der Waals surface area contributed by atoms with Crippen LogP contribution in [0.15, 0.2) is 48.5 Å². The summed E-state index contributed by atoms with van der Waals surface area (Å²) in [5, 5.41) is 0.902. The first-order chi connectivity index (χ1) is 14.9. The van der Waals surface area contributed by atoms with E-state index < -0.39 is 0 Å². The average Bonchev–Trinajstić information content (AvgIpc) is 3.03. The van der Waals surface area contributed by atoms with Crippen molar-refractivity contribution in [2.24, 2.45) is 0 Å². The highest BCUT2D eigenvalue weighted by Crippen LogP contribution is 2.34. The third kappa shape index (κ3) is 4.19. The predicted molar refractivity (Wildman–Crippen MR) is 127 cm³/mol. The van der Waals surface area contributed by atoms with Crippen molar-refractivity contribution in [2.75, 3.05) is 21.2 Å². The summed E-state index contributed by atoms with van der Waals surface area (Å²) in [7, 11) is 5.68. The van der Waals surface area contributed by atoms with E-state index in [-0.39, 0.29) is 18.2 Å². The van der Waals surface area contributed by atoms with Crippen LogP contribution in [-0.4, -0.2) is 65.2 Å². The molecule has 0 spiro atoms. The number of ether oxygens (including phenoxy) is 1.